The second-order valence-electron chi connectivity index (χ2n) is 13.6. The highest BCUT2D eigenvalue weighted by Crippen LogP contribution is 2.46. The summed E-state index contributed by atoms with van der Waals surface area (Å²) in [5, 5.41) is 105. The van der Waals surface area contributed by atoms with Crippen molar-refractivity contribution in [2.45, 2.75) is 67.5 Å². The van der Waals surface area contributed by atoms with Gasteiger partial charge in [0, 0.05) is 18.2 Å². The Morgan fingerprint density at radius 2 is 1.42 bits per heavy atom. The van der Waals surface area contributed by atoms with Gasteiger partial charge in [-0.15, -0.1) is 0 Å². The molecule has 3 aromatic carbocycles. The lowest BCUT2D eigenvalue weighted by Crippen LogP contribution is -2.62. The largest absolute Gasteiger partial charge is 0.571 e. The Hall–Kier alpha value is -5.55. The van der Waals surface area contributed by atoms with Crippen LogP contribution >= 0.6 is 0 Å². The Kier molecular flexibility index (Phi) is 13.2. The summed E-state index contributed by atoms with van der Waals surface area (Å²) in [6, 6.07) is 9.43. The highest BCUT2D eigenvalue weighted by atomic mass is 16.7. The van der Waals surface area contributed by atoms with Gasteiger partial charge in [0.2, 0.25) is 12.0 Å². The fraction of sp³-hybridized carbons (Fsp3) is 0.410. The predicted molar refractivity (Wildman–Crippen MR) is 198 cm³/mol. The molecule has 59 heavy (non-hydrogen) atoms. The molecule has 3 aliphatic rings. The number of rotatable bonds is 13. The number of carbonyl (C=O) groups excluding carboxylic acids is 1. The van der Waals surface area contributed by atoms with Gasteiger partial charge in [0.1, 0.15) is 59.8 Å². The number of benzene rings is 3. The normalized spacial score (nSPS) is 29.2. The van der Waals surface area contributed by atoms with Crippen LogP contribution in [0.1, 0.15) is 22.8 Å². The third kappa shape index (κ3) is 9.05. The van der Waals surface area contributed by atoms with E-state index in [9.17, 15) is 55.9 Å². The van der Waals surface area contributed by atoms with Crippen LogP contribution in [0.25, 0.3) is 12.2 Å². The van der Waals surface area contributed by atoms with Gasteiger partial charge >= 0.3 is 5.97 Å². The molecule has 6 rings (SSSR count). The molecule has 0 radical (unpaired) electrons. The zero-order valence-electron chi connectivity index (χ0n) is 31.6. The summed E-state index contributed by atoms with van der Waals surface area (Å²) in [4.78, 5) is 13.2. The lowest BCUT2D eigenvalue weighted by atomic mass is 9.97. The summed E-state index contributed by atoms with van der Waals surface area (Å²) in [6.45, 7) is -1.45. The SMILES string of the molecule is COc1cc(C2[OH+]c3cc(O)cc(O)c3C=C2O[C@@H]2O[C@@H](CO[C@@H]3O[C@@H](CO)[C@@H](O)[C@H](O)[C@H]3O)[C@@H](OC(=O)/C=C/c3cc(OC)c(O)c(OC)c3)[C@@H](O)[C@@H]2O)ccc1O. The van der Waals surface area contributed by atoms with Gasteiger partial charge in [0.05, 0.1) is 46.2 Å². The second-order valence-corrected chi connectivity index (χ2v) is 13.6. The maximum absolute atomic E-state index is 13.2. The van der Waals surface area contributed by atoms with E-state index in [1.54, 1.807) is 0 Å². The molecule has 20 heteroatoms. The number of methoxy groups -OCH3 is 3. The minimum absolute atomic E-state index is 0.0394. The summed E-state index contributed by atoms with van der Waals surface area (Å²) in [5.74, 6) is -1.99. The molecular formula is C39H45O20+. The Morgan fingerprint density at radius 1 is 0.763 bits per heavy atom. The minimum Gasteiger partial charge on any atom is -0.571 e. The molecule has 0 aliphatic carbocycles. The lowest BCUT2D eigenvalue weighted by molar-refractivity contribution is -0.329. The molecule has 11 atom stereocenters. The number of hydrogen-bond donors (Lipinski definition) is 10. The van der Waals surface area contributed by atoms with Crippen molar-refractivity contribution in [1.82, 2.24) is 0 Å². The van der Waals surface area contributed by atoms with Crippen molar-refractivity contribution in [3.8, 4) is 46.0 Å². The Balaban J connectivity index is 1.30. The van der Waals surface area contributed by atoms with Crippen molar-refractivity contribution in [3.05, 3.63) is 71.0 Å². The van der Waals surface area contributed by atoms with E-state index in [0.717, 1.165) is 12.1 Å². The Bertz CT molecular complexity index is 2010. The summed E-state index contributed by atoms with van der Waals surface area (Å²) in [7, 11) is 3.96. The van der Waals surface area contributed by atoms with Gasteiger partial charge in [-0.1, -0.05) is 0 Å². The average molecular weight is 834 g/mol. The number of ether oxygens (including phenoxy) is 9. The summed E-state index contributed by atoms with van der Waals surface area (Å²) in [5.41, 5.74) is 0.811. The first-order valence-electron chi connectivity index (χ1n) is 18.0. The van der Waals surface area contributed by atoms with E-state index in [1.807, 2.05) is 0 Å². The number of esters is 1. The van der Waals surface area contributed by atoms with Gasteiger partial charge < -0.3 is 93.7 Å². The maximum atomic E-state index is 13.2. The van der Waals surface area contributed by atoms with Crippen molar-refractivity contribution in [3.63, 3.8) is 0 Å². The maximum Gasteiger partial charge on any atom is 0.331 e. The molecule has 1 unspecified atom stereocenters. The fourth-order valence-electron chi connectivity index (χ4n) is 6.65. The number of hydrogen-bond acceptors (Lipinski definition) is 19. The van der Waals surface area contributed by atoms with E-state index in [1.165, 1.54) is 69.9 Å². The molecule has 0 amide bonds. The monoisotopic (exact) mass is 833 g/mol. The van der Waals surface area contributed by atoms with Crippen molar-refractivity contribution in [2.75, 3.05) is 34.5 Å². The van der Waals surface area contributed by atoms with Crippen LogP contribution in [-0.4, -0.2) is 158 Å². The smallest absolute Gasteiger partial charge is 0.331 e. The molecule has 0 aromatic heterocycles. The molecule has 20 nitrogen and oxygen atoms in total. The van der Waals surface area contributed by atoms with Crippen LogP contribution in [0.15, 0.2) is 54.3 Å². The third-order valence-electron chi connectivity index (χ3n) is 9.80. The molecule has 2 fully saturated rings. The van der Waals surface area contributed by atoms with Crippen LogP contribution < -0.4 is 14.2 Å². The van der Waals surface area contributed by atoms with E-state index in [-0.39, 0.29) is 57.3 Å². The van der Waals surface area contributed by atoms with Crippen LogP contribution in [-0.2, 0) is 28.5 Å². The molecule has 3 heterocycles. The summed E-state index contributed by atoms with van der Waals surface area (Å²) >= 11 is 0. The molecule has 0 spiro atoms. The van der Waals surface area contributed by atoms with Gasteiger partial charge in [-0.3, -0.25) is 0 Å². The first-order valence-corrected chi connectivity index (χ1v) is 18.0. The number of phenols is 4. The molecule has 3 aromatic rings. The Morgan fingerprint density at radius 3 is 2.08 bits per heavy atom. The van der Waals surface area contributed by atoms with Crippen LogP contribution in [0.2, 0.25) is 0 Å². The highest BCUT2D eigenvalue weighted by Gasteiger charge is 2.51. The van der Waals surface area contributed by atoms with E-state index >= 15 is 0 Å². The molecule has 0 bridgehead atoms. The quantitative estimate of drug-likeness (QED) is 0.0605. The van der Waals surface area contributed by atoms with Gasteiger partial charge in [-0.05, 0) is 42.0 Å². The van der Waals surface area contributed by atoms with Gasteiger partial charge in [0.15, 0.2) is 41.2 Å². The third-order valence-corrected chi connectivity index (χ3v) is 9.80. The summed E-state index contributed by atoms with van der Waals surface area (Å²) < 4.78 is 49.1. The average Bonchev–Trinajstić information content (AvgIpc) is 3.22. The second kappa shape index (κ2) is 18.2. The lowest BCUT2D eigenvalue weighted by Gasteiger charge is -2.43. The zero-order valence-corrected chi connectivity index (χ0v) is 31.6. The van der Waals surface area contributed by atoms with Gasteiger partial charge in [-0.2, -0.15) is 0 Å². The van der Waals surface area contributed by atoms with E-state index in [4.69, 9.17) is 37.9 Å². The molecule has 3 aliphatic heterocycles. The predicted octanol–water partition coefficient (Wildman–Crippen LogP) is -0.223. The van der Waals surface area contributed by atoms with Crippen molar-refractivity contribution < 1.29 is 98.5 Å². The number of phenolic OH excluding ortho intramolecular Hbond substituents is 4. The number of fused-ring (bicyclic) bond motifs is 1. The summed E-state index contributed by atoms with van der Waals surface area (Å²) in [6.07, 6.45) is -14.8. The topological polar surface area (TPSA) is 306 Å². The Labute approximate surface area is 335 Å². The number of carbonyl (C=O) groups is 1. The van der Waals surface area contributed by atoms with Crippen molar-refractivity contribution >= 4 is 18.1 Å². The van der Waals surface area contributed by atoms with E-state index in [2.05, 4.69) is 4.74 Å². The molecule has 2 saturated heterocycles. The molecule has 320 valence electrons. The number of aliphatic hydroxyl groups excluding tert-OH is 6. The van der Waals surface area contributed by atoms with Crippen LogP contribution in [0.5, 0.6) is 46.0 Å². The van der Waals surface area contributed by atoms with Crippen LogP contribution in [0.3, 0.4) is 0 Å². The van der Waals surface area contributed by atoms with Gasteiger partial charge in [0.25, 0.3) is 11.9 Å². The van der Waals surface area contributed by atoms with E-state index < -0.39 is 86.7 Å². The fourth-order valence-corrected chi connectivity index (χ4v) is 6.65. The highest BCUT2D eigenvalue weighted by molar-refractivity contribution is 5.87. The number of aromatic hydroxyl groups is 5. The van der Waals surface area contributed by atoms with Crippen molar-refractivity contribution in [1.29, 1.82) is 0 Å². The van der Waals surface area contributed by atoms with Crippen molar-refractivity contribution in [2.24, 2.45) is 0 Å². The number of aliphatic hydroxyl groups is 7. The first-order chi connectivity index (χ1) is 28.2. The van der Waals surface area contributed by atoms with Gasteiger partial charge in [-0.25, -0.2) is 4.79 Å². The minimum atomic E-state index is -1.96. The van der Waals surface area contributed by atoms with Crippen LogP contribution in [0.4, 0.5) is 0 Å². The molecule has 0 saturated carbocycles. The standard InChI is InChI=1S/C39H44O20/c1-51-23-10-17(5-6-20(23)42)36-26(13-19-21(43)11-18(41)12-22(19)55-36)56-39-35(50)33(48)37(28(58-39)15-54-38-34(49)32(47)31(46)27(14-40)57-38)59-29(44)7-4-16-8-24(52-2)30(45)25(9-16)53-3/h4-13,27-28,31-43,45-50H,14-15H2,1-3H3/p+1/b7-4+/t27-,28-,31+,32-,33-,34+,35-,36?,37+,38+,39+/m0/s1. The zero-order chi connectivity index (χ0) is 42.7. The molecular weight excluding hydrogens is 788 g/mol. The van der Waals surface area contributed by atoms with E-state index in [0.29, 0.717) is 11.1 Å². The van der Waals surface area contributed by atoms with Crippen LogP contribution in [0, 0.1) is 0 Å². The molecule has 11 N–H and O–H groups in total. The first kappa shape index (κ1) is 43.0.